The van der Waals surface area contributed by atoms with Gasteiger partial charge in [-0.2, -0.15) is 0 Å². The van der Waals surface area contributed by atoms with Crippen molar-refractivity contribution in [1.29, 1.82) is 0 Å². The summed E-state index contributed by atoms with van der Waals surface area (Å²) < 4.78 is 0. The van der Waals surface area contributed by atoms with Crippen molar-refractivity contribution in [3.8, 4) is 0 Å². The molecule has 0 radical (unpaired) electrons. The number of nitrogens with one attached hydrogen (secondary N) is 2. The van der Waals surface area contributed by atoms with E-state index in [4.69, 9.17) is 5.11 Å². The first-order valence-corrected chi connectivity index (χ1v) is 6.78. The number of urea groups is 1. The first-order valence-electron chi connectivity index (χ1n) is 5.91. The number of anilines is 1. The van der Waals surface area contributed by atoms with E-state index in [0.29, 0.717) is 12.2 Å². The summed E-state index contributed by atoms with van der Waals surface area (Å²) >= 11 is 1.64. The number of pyridine rings is 1. The van der Waals surface area contributed by atoms with E-state index in [-0.39, 0.29) is 11.6 Å². The van der Waals surface area contributed by atoms with Gasteiger partial charge in [0.05, 0.1) is 17.4 Å². The maximum Gasteiger partial charge on any atom is 0.337 e. The maximum atomic E-state index is 11.6. The molecule has 0 aliphatic heterocycles. The molecule has 0 fully saturated rings. The first kappa shape index (κ1) is 14.0. The van der Waals surface area contributed by atoms with E-state index in [2.05, 4.69) is 15.6 Å². The highest BCUT2D eigenvalue weighted by molar-refractivity contribution is 7.09. The Morgan fingerprint density at radius 1 is 1.35 bits per heavy atom. The Bertz CT molecular complexity index is 599. The number of carbonyl (C=O) groups is 2. The highest BCUT2D eigenvalue weighted by Crippen LogP contribution is 2.09. The zero-order chi connectivity index (χ0) is 14.4. The summed E-state index contributed by atoms with van der Waals surface area (Å²) in [5.41, 5.74) is 0.375. The molecule has 3 N–H and O–H groups in total. The number of carboxylic acids is 1. The topological polar surface area (TPSA) is 91.3 Å². The van der Waals surface area contributed by atoms with Gasteiger partial charge in [0.25, 0.3) is 0 Å². The van der Waals surface area contributed by atoms with Gasteiger partial charge in [0.15, 0.2) is 0 Å². The molecule has 0 saturated heterocycles. The predicted octanol–water partition coefficient (Wildman–Crippen LogP) is 2.21. The molecule has 0 saturated carbocycles. The van der Waals surface area contributed by atoms with E-state index in [1.807, 2.05) is 17.5 Å². The largest absolute Gasteiger partial charge is 0.478 e. The van der Waals surface area contributed by atoms with Gasteiger partial charge < -0.3 is 15.7 Å². The Morgan fingerprint density at radius 2 is 2.20 bits per heavy atom. The molecule has 0 atom stereocenters. The number of carbonyl (C=O) groups excluding carboxylic acids is 1. The van der Waals surface area contributed by atoms with Crippen LogP contribution < -0.4 is 10.6 Å². The van der Waals surface area contributed by atoms with Gasteiger partial charge in [0, 0.05) is 17.6 Å². The van der Waals surface area contributed by atoms with E-state index in [1.165, 1.54) is 23.3 Å². The average Bonchev–Trinajstić information content (AvgIpc) is 2.92. The van der Waals surface area contributed by atoms with Crippen molar-refractivity contribution in [3.63, 3.8) is 0 Å². The van der Waals surface area contributed by atoms with Crippen molar-refractivity contribution in [2.45, 2.75) is 6.42 Å². The van der Waals surface area contributed by atoms with Crippen LogP contribution in [0.4, 0.5) is 10.5 Å². The third kappa shape index (κ3) is 4.06. The number of hydrogen-bond acceptors (Lipinski definition) is 4. The molecule has 6 nitrogen and oxygen atoms in total. The molecule has 20 heavy (non-hydrogen) atoms. The maximum absolute atomic E-state index is 11.6. The van der Waals surface area contributed by atoms with Crippen LogP contribution in [0.2, 0.25) is 0 Å². The molecular weight excluding hydrogens is 278 g/mol. The summed E-state index contributed by atoms with van der Waals surface area (Å²) in [6.07, 6.45) is 3.38. The lowest BCUT2D eigenvalue weighted by Gasteiger charge is -2.07. The molecule has 0 aliphatic rings. The van der Waals surface area contributed by atoms with Crippen molar-refractivity contribution in [1.82, 2.24) is 10.3 Å². The molecule has 2 amide bonds. The average molecular weight is 291 g/mol. The van der Waals surface area contributed by atoms with E-state index in [9.17, 15) is 9.59 Å². The monoisotopic (exact) mass is 291 g/mol. The Morgan fingerprint density at radius 3 is 2.90 bits per heavy atom. The van der Waals surface area contributed by atoms with Crippen LogP contribution in [0.5, 0.6) is 0 Å². The Labute approximate surface area is 119 Å². The summed E-state index contributed by atoms with van der Waals surface area (Å²) in [4.78, 5) is 27.4. The minimum absolute atomic E-state index is 0.0291. The Hall–Kier alpha value is -2.41. The number of hydrogen-bond donors (Lipinski definition) is 3. The number of aromatic carboxylic acids is 1. The van der Waals surface area contributed by atoms with Crippen molar-refractivity contribution in [2.75, 3.05) is 11.9 Å². The molecule has 0 spiro atoms. The summed E-state index contributed by atoms with van der Waals surface area (Å²) in [6, 6.07) is 4.94. The molecule has 104 valence electrons. The zero-order valence-electron chi connectivity index (χ0n) is 10.5. The third-order valence-electron chi connectivity index (χ3n) is 2.48. The second-order valence-corrected chi connectivity index (χ2v) is 5.01. The van der Waals surface area contributed by atoms with Crippen LogP contribution in [-0.2, 0) is 6.42 Å². The van der Waals surface area contributed by atoms with Gasteiger partial charge in [-0.3, -0.25) is 4.98 Å². The zero-order valence-corrected chi connectivity index (χ0v) is 11.3. The second kappa shape index (κ2) is 6.67. The normalized spacial score (nSPS) is 10.0. The fraction of sp³-hybridized carbons (Fsp3) is 0.154. The van der Waals surface area contributed by atoms with E-state index in [1.54, 1.807) is 11.3 Å². The van der Waals surface area contributed by atoms with Crippen molar-refractivity contribution >= 4 is 29.0 Å². The smallest absolute Gasteiger partial charge is 0.337 e. The van der Waals surface area contributed by atoms with Gasteiger partial charge in [-0.15, -0.1) is 11.3 Å². The fourth-order valence-electron chi connectivity index (χ4n) is 1.55. The van der Waals surface area contributed by atoms with Crippen LogP contribution >= 0.6 is 11.3 Å². The van der Waals surface area contributed by atoms with Crippen LogP contribution in [0.25, 0.3) is 0 Å². The van der Waals surface area contributed by atoms with Crippen LogP contribution in [0, 0.1) is 0 Å². The lowest BCUT2D eigenvalue weighted by molar-refractivity contribution is 0.0696. The Balaban J connectivity index is 1.82. The van der Waals surface area contributed by atoms with Crippen molar-refractivity contribution in [3.05, 3.63) is 46.4 Å². The molecule has 2 aromatic rings. The summed E-state index contributed by atoms with van der Waals surface area (Å²) in [6.45, 7) is 0.512. The number of amides is 2. The van der Waals surface area contributed by atoms with Gasteiger partial charge in [-0.05, 0) is 23.9 Å². The SMILES string of the molecule is O=C(NCCc1cccs1)Nc1cncc(C(=O)O)c1. The second-order valence-electron chi connectivity index (χ2n) is 3.98. The molecule has 2 aromatic heterocycles. The first-order chi connectivity index (χ1) is 9.65. The summed E-state index contributed by atoms with van der Waals surface area (Å²) in [5, 5.41) is 16.1. The molecule has 0 bridgehead atoms. The Kier molecular flexibility index (Phi) is 4.67. The van der Waals surface area contributed by atoms with E-state index < -0.39 is 5.97 Å². The van der Waals surface area contributed by atoms with Gasteiger partial charge in [-0.25, -0.2) is 9.59 Å². The number of rotatable bonds is 5. The standard InChI is InChI=1S/C13H13N3O3S/c17-12(18)9-6-10(8-14-7-9)16-13(19)15-4-3-11-2-1-5-20-11/h1-2,5-8H,3-4H2,(H,17,18)(H2,15,16,19). The van der Waals surface area contributed by atoms with Crippen LogP contribution in [0.15, 0.2) is 36.0 Å². The highest BCUT2D eigenvalue weighted by Gasteiger charge is 2.06. The molecule has 0 aromatic carbocycles. The van der Waals surface area contributed by atoms with Crippen molar-refractivity contribution < 1.29 is 14.7 Å². The molecule has 0 aliphatic carbocycles. The van der Waals surface area contributed by atoms with Crippen LogP contribution in [0.3, 0.4) is 0 Å². The summed E-state index contributed by atoms with van der Waals surface area (Å²) in [7, 11) is 0. The minimum Gasteiger partial charge on any atom is -0.478 e. The number of aromatic nitrogens is 1. The lowest BCUT2D eigenvalue weighted by atomic mass is 10.2. The van der Waals surface area contributed by atoms with Gasteiger partial charge in [0.1, 0.15) is 0 Å². The van der Waals surface area contributed by atoms with Gasteiger partial charge >= 0.3 is 12.0 Å². The third-order valence-corrected chi connectivity index (χ3v) is 3.42. The summed E-state index contributed by atoms with van der Waals surface area (Å²) in [5.74, 6) is -1.08. The molecule has 2 heterocycles. The van der Waals surface area contributed by atoms with E-state index >= 15 is 0 Å². The minimum atomic E-state index is -1.08. The number of thiophene rings is 1. The van der Waals surface area contributed by atoms with Crippen molar-refractivity contribution in [2.24, 2.45) is 0 Å². The number of carboxylic acid groups (broad SMARTS) is 1. The molecule has 0 unspecified atom stereocenters. The van der Waals surface area contributed by atoms with Crippen LogP contribution in [0.1, 0.15) is 15.2 Å². The van der Waals surface area contributed by atoms with Crippen LogP contribution in [-0.4, -0.2) is 28.6 Å². The predicted molar refractivity (Wildman–Crippen MR) is 76.2 cm³/mol. The fourth-order valence-corrected chi connectivity index (χ4v) is 2.26. The van der Waals surface area contributed by atoms with Gasteiger partial charge in [-0.1, -0.05) is 6.07 Å². The van der Waals surface area contributed by atoms with Gasteiger partial charge in [0.2, 0.25) is 0 Å². The van der Waals surface area contributed by atoms with E-state index in [0.717, 1.165) is 6.42 Å². The molecule has 2 rings (SSSR count). The molecular formula is C13H13N3O3S. The highest BCUT2D eigenvalue weighted by atomic mass is 32.1. The number of nitrogens with zero attached hydrogens (tertiary/aromatic N) is 1. The quantitative estimate of drug-likeness (QED) is 0.787. The lowest BCUT2D eigenvalue weighted by Crippen LogP contribution is -2.30. The molecule has 7 heteroatoms.